The molecule has 0 radical (unpaired) electrons. The van der Waals surface area contributed by atoms with Crippen LogP contribution in [0.3, 0.4) is 0 Å². The third-order valence-corrected chi connectivity index (χ3v) is 6.60. The minimum absolute atomic E-state index is 0.120. The molecule has 10 nitrogen and oxygen atoms in total. The quantitative estimate of drug-likeness (QED) is 0.423. The Labute approximate surface area is 196 Å². The Balaban J connectivity index is 1.65. The molecule has 1 amide bonds. The van der Waals surface area contributed by atoms with Crippen molar-refractivity contribution in [3.8, 4) is 0 Å². The highest BCUT2D eigenvalue weighted by molar-refractivity contribution is 6.13. The number of para-hydroxylation sites is 2. The van der Waals surface area contributed by atoms with E-state index < -0.39 is 0 Å². The van der Waals surface area contributed by atoms with E-state index in [4.69, 9.17) is 14.8 Å². The lowest BCUT2D eigenvalue weighted by Crippen LogP contribution is -2.54. The molecule has 6 rings (SSSR count). The second-order valence-electron chi connectivity index (χ2n) is 9.28. The van der Waals surface area contributed by atoms with Crippen LogP contribution in [0.1, 0.15) is 24.2 Å². The minimum atomic E-state index is -0.201. The first-order chi connectivity index (χ1) is 16.5. The summed E-state index contributed by atoms with van der Waals surface area (Å²) < 4.78 is 7.34. The smallest absolute Gasteiger partial charge is 0.256 e. The van der Waals surface area contributed by atoms with Crippen LogP contribution in [0, 0.1) is 0 Å². The number of ether oxygens (including phenoxy) is 1. The van der Waals surface area contributed by atoms with Crippen molar-refractivity contribution in [3.05, 3.63) is 35.9 Å². The van der Waals surface area contributed by atoms with E-state index in [0.29, 0.717) is 42.2 Å². The van der Waals surface area contributed by atoms with Crippen LogP contribution in [-0.2, 0) is 4.74 Å². The summed E-state index contributed by atoms with van der Waals surface area (Å²) in [5.41, 5.74) is 4.13. The maximum absolute atomic E-state index is 13.2. The molecule has 2 saturated heterocycles. The molecule has 0 unspecified atom stereocenters. The first kappa shape index (κ1) is 21.1. The SMILES string of the molecule is CNC(=O)c1c(NC2COC2)c2cc(N3C[C@@H](C)N[C@@H](C)C3)nnc2n2c1nc1ccccc12. The lowest BCUT2D eigenvalue weighted by atomic mass is 10.1. The van der Waals surface area contributed by atoms with Gasteiger partial charge in [-0.15, -0.1) is 10.2 Å². The second-order valence-corrected chi connectivity index (χ2v) is 9.28. The number of nitrogens with one attached hydrogen (secondary N) is 3. The van der Waals surface area contributed by atoms with E-state index in [2.05, 4.69) is 45.9 Å². The molecule has 4 aromatic rings. The van der Waals surface area contributed by atoms with Crippen LogP contribution in [0.2, 0.25) is 0 Å². The Morgan fingerprint density at radius 3 is 2.59 bits per heavy atom. The highest BCUT2D eigenvalue weighted by atomic mass is 16.5. The van der Waals surface area contributed by atoms with Crippen LogP contribution in [0.25, 0.3) is 27.7 Å². The average molecular weight is 461 g/mol. The van der Waals surface area contributed by atoms with Gasteiger partial charge >= 0.3 is 0 Å². The van der Waals surface area contributed by atoms with E-state index in [1.54, 1.807) is 7.05 Å². The molecule has 0 spiro atoms. The predicted molar refractivity (Wildman–Crippen MR) is 132 cm³/mol. The molecule has 0 aliphatic carbocycles. The molecule has 5 heterocycles. The fraction of sp³-hybridized carbons (Fsp3) is 0.417. The molecule has 0 saturated carbocycles. The molecule has 2 fully saturated rings. The van der Waals surface area contributed by atoms with Crippen LogP contribution < -0.4 is 20.9 Å². The monoisotopic (exact) mass is 460 g/mol. The van der Waals surface area contributed by atoms with Crippen LogP contribution in [-0.4, -0.2) is 77.0 Å². The topological polar surface area (TPSA) is 109 Å². The van der Waals surface area contributed by atoms with Gasteiger partial charge in [0.2, 0.25) is 0 Å². The fourth-order valence-corrected chi connectivity index (χ4v) is 5.06. The molecule has 2 atom stereocenters. The number of hydrogen-bond donors (Lipinski definition) is 3. The van der Waals surface area contributed by atoms with Gasteiger partial charge in [-0.25, -0.2) is 4.98 Å². The van der Waals surface area contributed by atoms with Gasteiger partial charge in [-0.3, -0.25) is 9.20 Å². The number of carbonyl (C=O) groups is 1. The standard InChI is InChI=1S/C24H28N8O2/c1-13-9-31(10-14(2)26-13)19-8-16-21(27-15-11-34-12-15)20(24(33)25-3)23-28-17-6-4-5-7-18(17)32(23)22(16)30-29-19/h4-8,13-15,26-27H,9-12H2,1-3H3,(H,25,33)/t13-,14+. The summed E-state index contributed by atoms with van der Waals surface area (Å²) in [7, 11) is 1.64. The van der Waals surface area contributed by atoms with Gasteiger partial charge in [0.15, 0.2) is 17.1 Å². The van der Waals surface area contributed by atoms with Gasteiger partial charge in [0.05, 0.1) is 36.0 Å². The van der Waals surface area contributed by atoms with Crippen LogP contribution >= 0.6 is 0 Å². The number of hydrogen-bond acceptors (Lipinski definition) is 8. The van der Waals surface area contributed by atoms with E-state index in [1.165, 1.54) is 0 Å². The highest BCUT2D eigenvalue weighted by Gasteiger charge is 2.29. The number of nitrogens with zero attached hydrogens (tertiary/aromatic N) is 5. The Morgan fingerprint density at radius 1 is 1.12 bits per heavy atom. The summed E-state index contributed by atoms with van der Waals surface area (Å²) in [5.74, 6) is 0.597. The molecule has 3 N–H and O–H groups in total. The number of pyridine rings is 1. The Kier molecular flexibility index (Phi) is 5.00. The van der Waals surface area contributed by atoms with Crippen LogP contribution in [0.4, 0.5) is 11.5 Å². The maximum atomic E-state index is 13.2. The molecule has 34 heavy (non-hydrogen) atoms. The van der Waals surface area contributed by atoms with Gasteiger partial charge in [-0.2, -0.15) is 0 Å². The van der Waals surface area contributed by atoms with Crippen molar-refractivity contribution >= 4 is 45.1 Å². The number of anilines is 2. The third kappa shape index (κ3) is 3.33. The van der Waals surface area contributed by atoms with E-state index in [-0.39, 0.29) is 11.9 Å². The Morgan fingerprint density at radius 2 is 1.88 bits per heavy atom. The summed E-state index contributed by atoms with van der Waals surface area (Å²) in [4.78, 5) is 20.3. The maximum Gasteiger partial charge on any atom is 0.256 e. The van der Waals surface area contributed by atoms with E-state index in [0.717, 1.165) is 41.0 Å². The average Bonchev–Trinajstić information content (AvgIpc) is 3.19. The molecular weight excluding hydrogens is 432 g/mol. The van der Waals surface area contributed by atoms with Gasteiger partial charge in [0, 0.05) is 37.6 Å². The largest absolute Gasteiger partial charge is 0.377 e. The molecule has 1 aromatic carbocycles. The van der Waals surface area contributed by atoms with Crippen molar-refractivity contribution < 1.29 is 9.53 Å². The van der Waals surface area contributed by atoms with Gasteiger partial charge in [-0.1, -0.05) is 12.1 Å². The summed E-state index contributed by atoms with van der Waals surface area (Å²) in [5, 5.41) is 20.1. The van der Waals surface area contributed by atoms with Crippen molar-refractivity contribution in [1.29, 1.82) is 0 Å². The normalized spacial score (nSPS) is 21.2. The van der Waals surface area contributed by atoms with Crippen LogP contribution in [0.15, 0.2) is 30.3 Å². The number of rotatable bonds is 4. The molecule has 2 aliphatic rings. The van der Waals surface area contributed by atoms with Gasteiger partial charge in [-0.05, 0) is 32.0 Å². The van der Waals surface area contributed by atoms with Gasteiger partial charge < -0.3 is 25.6 Å². The molecule has 0 bridgehead atoms. The lowest BCUT2D eigenvalue weighted by Gasteiger charge is -2.36. The number of carbonyl (C=O) groups excluding carboxylic acids is 1. The summed E-state index contributed by atoms with van der Waals surface area (Å²) in [6, 6.07) is 10.7. The van der Waals surface area contributed by atoms with E-state index >= 15 is 0 Å². The Bertz CT molecular complexity index is 1400. The molecule has 176 valence electrons. The van der Waals surface area contributed by atoms with Crippen molar-refractivity contribution in [2.24, 2.45) is 0 Å². The van der Waals surface area contributed by atoms with Crippen molar-refractivity contribution in [1.82, 2.24) is 30.2 Å². The zero-order chi connectivity index (χ0) is 23.4. The number of amides is 1. The lowest BCUT2D eigenvalue weighted by molar-refractivity contribution is 0.0211. The minimum Gasteiger partial charge on any atom is -0.377 e. The van der Waals surface area contributed by atoms with Crippen molar-refractivity contribution in [2.45, 2.75) is 32.0 Å². The zero-order valence-electron chi connectivity index (χ0n) is 19.5. The number of aromatic nitrogens is 4. The highest BCUT2D eigenvalue weighted by Crippen LogP contribution is 2.35. The van der Waals surface area contributed by atoms with Crippen LogP contribution in [0.5, 0.6) is 0 Å². The van der Waals surface area contributed by atoms with E-state index in [9.17, 15) is 4.79 Å². The van der Waals surface area contributed by atoms with E-state index in [1.807, 2.05) is 28.7 Å². The molecule has 3 aromatic heterocycles. The number of fused-ring (bicyclic) bond motifs is 5. The third-order valence-electron chi connectivity index (χ3n) is 6.60. The van der Waals surface area contributed by atoms with Gasteiger partial charge in [0.1, 0.15) is 5.56 Å². The first-order valence-electron chi connectivity index (χ1n) is 11.7. The summed E-state index contributed by atoms with van der Waals surface area (Å²) in [6.07, 6.45) is 0. The summed E-state index contributed by atoms with van der Waals surface area (Å²) in [6.45, 7) is 7.20. The molecular formula is C24H28N8O2. The predicted octanol–water partition coefficient (Wildman–Crippen LogP) is 1.79. The molecule has 2 aliphatic heterocycles. The number of piperazine rings is 1. The van der Waals surface area contributed by atoms with Crippen molar-refractivity contribution in [3.63, 3.8) is 0 Å². The molecule has 10 heteroatoms. The summed E-state index contributed by atoms with van der Waals surface area (Å²) >= 11 is 0. The second kappa shape index (κ2) is 8.07. The number of imidazole rings is 1. The Hall–Kier alpha value is -3.50. The first-order valence-corrected chi connectivity index (χ1v) is 11.7. The number of benzene rings is 1. The van der Waals surface area contributed by atoms with Crippen molar-refractivity contribution in [2.75, 3.05) is 43.6 Å². The fourth-order valence-electron chi connectivity index (χ4n) is 5.06. The zero-order valence-corrected chi connectivity index (χ0v) is 19.5. The van der Waals surface area contributed by atoms with Gasteiger partial charge in [0.25, 0.3) is 5.91 Å².